The lowest BCUT2D eigenvalue weighted by Gasteiger charge is -2.12. The minimum absolute atomic E-state index is 0.328. The van der Waals surface area contributed by atoms with Crippen LogP contribution in [0.2, 0.25) is 5.02 Å². The molecule has 1 atom stereocenters. The molecule has 0 spiro atoms. The summed E-state index contributed by atoms with van der Waals surface area (Å²) in [5.41, 5.74) is 0.964. The molecule has 0 saturated carbocycles. The van der Waals surface area contributed by atoms with Crippen LogP contribution in [0.5, 0.6) is 0 Å². The molecule has 1 aromatic rings. The highest BCUT2D eigenvalue weighted by atomic mass is 35.5. The average molecular weight is 258 g/mol. The maximum atomic E-state index is 11.7. The fourth-order valence-corrected chi connectivity index (χ4v) is 1.53. The van der Waals surface area contributed by atoms with Crippen LogP contribution in [0.15, 0.2) is 18.2 Å². The van der Waals surface area contributed by atoms with E-state index in [1.807, 2.05) is 0 Å². The molecule has 0 fully saturated rings. The minimum atomic E-state index is -1.31. The first-order valence-corrected chi connectivity index (χ1v) is 5.24. The summed E-state index contributed by atoms with van der Waals surface area (Å²) in [7, 11) is 0. The molecule has 1 rings (SSSR count). The number of amides is 1. The molecule has 0 aliphatic carbocycles. The minimum Gasteiger partial charge on any atom is -0.480 e. The number of rotatable bonds is 4. The van der Waals surface area contributed by atoms with Crippen molar-refractivity contribution in [2.24, 2.45) is 0 Å². The molecule has 0 aliphatic rings. The van der Waals surface area contributed by atoms with E-state index in [1.54, 1.807) is 13.0 Å². The number of aliphatic carboxylic acids is 1. The molecule has 0 heterocycles. The van der Waals surface area contributed by atoms with Gasteiger partial charge in [-0.25, -0.2) is 4.79 Å². The molecule has 92 valence electrons. The van der Waals surface area contributed by atoms with Crippen molar-refractivity contribution in [3.63, 3.8) is 0 Å². The Morgan fingerprint density at radius 2 is 2.12 bits per heavy atom. The molecule has 0 saturated heterocycles. The number of carboxylic acid groups (broad SMARTS) is 1. The van der Waals surface area contributed by atoms with Crippen molar-refractivity contribution >= 4 is 23.5 Å². The van der Waals surface area contributed by atoms with Gasteiger partial charge in [0.25, 0.3) is 5.91 Å². The van der Waals surface area contributed by atoms with E-state index >= 15 is 0 Å². The van der Waals surface area contributed by atoms with Crippen molar-refractivity contribution in [2.75, 3.05) is 6.61 Å². The number of aryl methyl sites for hydroxylation is 1. The van der Waals surface area contributed by atoms with Crippen LogP contribution in [-0.2, 0) is 4.79 Å². The van der Waals surface area contributed by atoms with Gasteiger partial charge < -0.3 is 15.5 Å². The average Bonchev–Trinajstić information content (AvgIpc) is 2.24. The summed E-state index contributed by atoms with van der Waals surface area (Å²) < 4.78 is 0. The lowest BCUT2D eigenvalue weighted by Crippen LogP contribution is -2.43. The number of nitrogens with one attached hydrogen (secondary N) is 1. The third-order valence-electron chi connectivity index (χ3n) is 2.22. The first-order chi connectivity index (χ1) is 7.95. The molecule has 0 aromatic heterocycles. The highest BCUT2D eigenvalue weighted by Crippen LogP contribution is 2.15. The number of halogens is 1. The number of aliphatic hydroxyl groups is 1. The monoisotopic (exact) mass is 257 g/mol. The van der Waals surface area contributed by atoms with E-state index in [-0.39, 0.29) is 0 Å². The van der Waals surface area contributed by atoms with Crippen molar-refractivity contribution < 1.29 is 19.8 Å². The van der Waals surface area contributed by atoms with Gasteiger partial charge in [0.15, 0.2) is 6.04 Å². The van der Waals surface area contributed by atoms with Crippen LogP contribution >= 0.6 is 11.6 Å². The third kappa shape index (κ3) is 3.44. The van der Waals surface area contributed by atoms with Crippen LogP contribution in [0.25, 0.3) is 0 Å². The zero-order valence-corrected chi connectivity index (χ0v) is 9.86. The van der Waals surface area contributed by atoms with Gasteiger partial charge in [-0.2, -0.15) is 0 Å². The summed E-state index contributed by atoms with van der Waals surface area (Å²) in [4.78, 5) is 22.4. The smallest absolute Gasteiger partial charge is 0.328 e. The molecule has 3 N–H and O–H groups in total. The summed E-state index contributed by atoms with van der Waals surface area (Å²) in [6, 6.07) is 3.34. The lowest BCUT2D eigenvalue weighted by molar-refractivity contribution is -0.140. The van der Waals surface area contributed by atoms with E-state index in [1.165, 1.54) is 12.1 Å². The number of hydrogen-bond donors (Lipinski definition) is 3. The Hall–Kier alpha value is -1.59. The highest BCUT2D eigenvalue weighted by molar-refractivity contribution is 6.30. The summed E-state index contributed by atoms with van der Waals surface area (Å²) in [5.74, 6) is -1.84. The van der Waals surface area contributed by atoms with Gasteiger partial charge in [-0.05, 0) is 30.7 Å². The van der Waals surface area contributed by atoms with Crippen molar-refractivity contribution in [1.29, 1.82) is 0 Å². The van der Waals surface area contributed by atoms with E-state index in [0.29, 0.717) is 16.1 Å². The predicted octanol–water partition coefficient (Wildman–Crippen LogP) is 0.824. The SMILES string of the molecule is Cc1cc(Cl)ccc1C(=O)N[C@H](CO)C(=O)O. The van der Waals surface area contributed by atoms with Gasteiger partial charge >= 0.3 is 5.97 Å². The van der Waals surface area contributed by atoms with Gasteiger partial charge in [0.05, 0.1) is 6.61 Å². The largest absolute Gasteiger partial charge is 0.480 e. The van der Waals surface area contributed by atoms with Gasteiger partial charge in [-0.3, -0.25) is 4.79 Å². The van der Waals surface area contributed by atoms with E-state index in [0.717, 1.165) is 0 Å². The lowest BCUT2D eigenvalue weighted by atomic mass is 10.1. The Morgan fingerprint density at radius 1 is 1.47 bits per heavy atom. The van der Waals surface area contributed by atoms with Crippen molar-refractivity contribution in [3.05, 3.63) is 34.3 Å². The first-order valence-electron chi connectivity index (χ1n) is 4.86. The molecular weight excluding hydrogens is 246 g/mol. The van der Waals surface area contributed by atoms with Crippen molar-refractivity contribution in [1.82, 2.24) is 5.32 Å². The molecule has 0 bridgehead atoms. The van der Waals surface area contributed by atoms with Gasteiger partial charge in [0.1, 0.15) is 0 Å². The molecule has 0 radical (unpaired) electrons. The maximum Gasteiger partial charge on any atom is 0.328 e. The number of carbonyl (C=O) groups excluding carboxylic acids is 1. The number of hydrogen-bond acceptors (Lipinski definition) is 3. The molecule has 1 amide bonds. The quantitative estimate of drug-likeness (QED) is 0.745. The normalized spacial score (nSPS) is 11.9. The van der Waals surface area contributed by atoms with Gasteiger partial charge in [0, 0.05) is 10.6 Å². The second-order valence-electron chi connectivity index (χ2n) is 3.51. The zero-order valence-electron chi connectivity index (χ0n) is 9.11. The Labute approximate surface area is 103 Å². The summed E-state index contributed by atoms with van der Waals surface area (Å²) >= 11 is 5.74. The van der Waals surface area contributed by atoms with Crippen LogP contribution in [-0.4, -0.2) is 34.7 Å². The van der Waals surface area contributed by atoms with Crippen LogP contribution in [0.3, 0.4) is 0 Å². The van der Waals surface area contributed by atoms with E-state index in [2.05, 4.69) is 5.32 Å². The number of carbonyl (C=O) groups is 2. The van der Waals surface area contributed by atoms with Crippen molar-refractivity contribution in [2.45, 2.75) is 13.0 Å². The van der Waals surface area contributed by atoms with E-state index < -0.39 is 24.5 Å². The van der Waals surface area contributed by atoms with Crippen molar-refractivity contribution in [3.8, 4) is 0 Å². The Bertz CT molecular complexity index is 447. The fourth-order valence-electron chi connectivity index (χ4n) is 1.30. The summed E-state index contributed by atoms with van der Waals surface area (Å²) in [5, 5.41) is 20.2. The zero-order chi connectivity index (χ0) is 13.0. The predicted molar refractivity (Wildman–Crippen MR) is 62.2 cm³/mol. The van der Waals surface area contributed by atoms with Crippen LogP contribution in [0.4, 0.5) is 0 Å². The molecular formula is C11H12ClNO4. The first kappa shape index (κ1) is 13.5. The highest BCUT2D eigenvalue weighted by Gasteiger charge is 2.20. The maximum absolute atomic E-state index is 11.7. The van der Waals surface area contributed by atoms with E-state index in [4.69, 9.17) is 21.8 Å². The second-order valence-corrected chi connectivity index (χ2v) is 3.94. The number of carboxylic acids is 1. The Kier molecular flexibility index (Phi) is 4.48. The van der Waals surface area contributed by atoms with Crippen LogP contribution < -0.4 is 5.32 Å². The van der Waals surface area contributed by atoms with Crippen LogP contribution in [0.1, 0.15) is 15.9 Å². The third-order valence-corrected chi connectivity index (χ3v) is 2.45. The number of benzene rings is 1. The van der Waals surface area contributed by atoms with Gasteiger partial charge in [-0.15, -0.1) is 0 Å². The Balaban J connectivity index is 2.86. The molecule has 5 nitrogen and oxygen atoms in total. The van der Waals surface area contributed by atoms with Gasteiger partial charge in [-0.1, -0.05) is 11.6 Å². The molecule has 0 unspecified atom stereocenters. The summed E-state index contributed by atoms with van der Waals surface area (Å²) in [6.07, 6.45) is 0. The topological polar surface area (TPSA) is 86.6 Å². The Morgan fingerprint density at radius 3 is 2.59 bits per heavy atom. The van der Waals surface area contributed by atoms with Crippen LogP contribution in [0, 0.1) is 6.92 Å². The fraction of sp³-hybridized carbons (Fsp3) is 0.273. The molecule has 0 aliphatic heterocycles. The van der Waals surface area contributed by atoms with E-state index in [9.17, 15) is 9.59 Å². The number of aliphatic hydroxyl groups excluding tert-OH is 1. The molecule has 17 heavy (non-hydrogen) atoms. The standard InChI is InChI=1S/C11H12ClNO4/c1-6-4-7(12)2-3-8(6)10(15)13-9(5-14)11(16)17/h2-4,9,14H,5H2,1H3,(H,13,15)(H,16,17)/t9-/m1/s1. The summed E-state index contributed by atoms with van der Waals surface area (Å²) in [6.45, 7) is 1.03. The second kappa shape index (κ2) is 5.65. The molecule has 6 heteroatoms. The molecule has 1 aromatic carbocycles. The van der Waals surface area contributed by atoms with Gasteiger partial charge in [0.2, 0.25) is 0 Å².